The molecule has 8 heteroatoms. The standard InChI is InChI=1S/C16H14N4O3S/c1-23-13-6-9(4-5-17-13)8-18-14(21)10-2-3-11-12(7-10)19-16(24)20-15(11)22/h2-7H,8H2,1H3,(H,18,21)(H2,19,20,22,24). The van der Waals surface area contributed by atoms with Gasteiger partial charge in [0.05, 0.1) is 18.0 Å². The Morgan fingerprint density at radius 1 is 1.29 bits per heavy atom. The first kappa shape index (κ1) is 15.9. The average molecular weight is 342 g/mol. The molecule has 0 radical (unpaired) electrons. The molecule has 2 heterocycles. The van der Waals surface area contributed by atoms with E-state index in [0.717, 1.165) is 5.56 Å². The fraction of sp³-hybridized carbons (Fsp3) is 0.125. The maximum absolute atomic E-state index is 12.3. The fourth-order valence-electron chi connectivity index (χ4n) is 2.27. The number of carbonyl (C=O) groups is 1. The molecule has 3 rings (SSSR count). The molecule has 24 heavy (non-hydrogen) atoms. The number of rotatable bonds is 4. The second kappa shape index (κ2) is 6.63. The molecule has 3 aromatic rings. The van der Waals surface area contributed by atoms with Crippen LogP contribution in [0.2, 0.25) is 0 Å². The second-order valence-corrected chi connectivity index (χ2v) is 5.47. The highest BCUT2D eigenvalue weighted by Crippen LogP contribution is 2.11. The van der Waals surface area contributed by atoms with Crippen molar-refractivity contribution < 1.29 is 9.53 Å². The zero-order chi connectivity index (χ0) is 17.1. The van der Waals surface area contributed by atoms with Crippen LogP contribution in [-0.4, -0.2) is 28.0 Å². The molecule has 0 fully saturated rings. The quantitative estimate of drug-likeness (QED) is 0.629. The smallest absolute Gasteiger partial charge is 0.259 e. The number of aromatic nitrogens is 3. The molecule has 1 aromatic carbocycles. The van der Waals surface area contributed by atoms with Gasteiger partial charge in [-0.1, -0.05) is 0 Å². The van der Waals surface area contributed by atoms with Gasteiger partial charge in [0.25, 0.3) is 11.5 Å². The molecule has 0 aliphatic rings. The van der Waals surface area contributed by atoms with Crippen molar-refractivity contribution in [1.29, 1.82) is 0 Å². The highest BCUT2D eigenvalue weighted by Gasteiger charge is 2.08. The van der Waals surface area contributed by atoms with Crippen molar-refractivity contribution in [2.24, 2.45) is 0 Å². The number of methoxy groups -OCH3 is 1. The van der Waals surface area contributed by atoms with E-state index in [0.29, 0.717) is 28.9 Å². The fourth-order valence-corrected chi connectivity index (χ4v) is 2.47. The van der Waals surface area contributed by atoms with Gasteiger partial charge in [0.15, 0.2) is 4.77 Å². The molecule has 0 spiro atoms. The maximum Gasteiger partial charge on any atom is 0.259 e. The van der Waals surface area contributed by atoms with E-state index in [1.165, 1.54) is 7.11 Å². The Bertz CT molecular complexity index is 1030. The Labute approximate surface area is 141 Å². The first-order valence-corrected chi connectivity index (χ1v) is 7.51. The number of benzene rings is 1. The molecule has 0 bridgehead atoms. The Morgan fingerprint density at radius 2 is 2.12 bits per heavy atom. The molecule has 3 N–H and O–H groups in total. The van der Waals surface area contributed by atoms with Crippen LogP contribution in [0.25, 0.3) is 10.9 Å². The lowest BCUT2D eigenvalue weighted by Crippen LogP contribution is -2.23. The molecule has 0 atom stereocenters. The summed E-state index contributed by atoms with van der Waals surface area (Å²) in [5.41, 5.74) is 1.53. The van der Waals surface area contributed by atoms with Crippen molar-refractivity contribution in [3.05, 3.63) is 62.8 Å². The zero-order valence-corrected chi connectivity index (χ0v) is 13.6. The van der Waals surface area contributed by atoms with E-state index in [1.54, 1.807) is 36.5 Å². The van der Waals surface area contributed by atoms with Gasteiger partial charge in [-0.15, -0.1) is 0 Å². The van der Waals surface area contributed by atoms with Gasteiger partial charge in [-0.2, -0.15) is 0 Å². The monoisotopic (exact) mass is 342 g/mol. The number of aromatic amines is 2. The summed E-state index contributed by atoms with van der Waals surface area (Å²) in [7, 11) is 1.53. The largest absolute Gasteiger partial charge is 0.481 e. The Balaban J connectivity index is 1.81. The van der Waals surface area contributed by atoms with Crippen molar-refractivity contribution in [2.45, 2.75) is 6.54 Å². The first-order chi connectivity index (χ1) is 11.6. The lowest BCUT2D eigenvalue weighted by molar-refractivity contribution is 0.0951. The van der Waals surface area contributed by atoms with Gasteiger partial charge in [0.2, 0.25) is 5.88 Å². The second-order valence-electron chi connectivity index (χ2n) is 5.06. The minimum atomic E-state index is -0.287. The van der Waals surface area contributed by atoms with Crippen molar-refractivity contribution in [1.82, 2.24) is 20.3 Å². The average Bonchev–Trinajstić information content (AvgIpc) is 2.59. The molecular formula is C16H14N4O3S. The van der Waals surface area contributed by atoms with Gasteiger partial charge >= 0.3 is 0 Å². The van der Waals surface area contributed by atoms with Crippen molar-refractivity contribution in [3.8, 4) is 5.88 Å². The predicted molar refractivity (Wildman–Crippen MR) is 91.7 cm³/mol. The molecule has 0 saturated heterocycles. The van der Waals surface area contributed by atoms with Gasteiger partial charge in [0, 0.05) is 24.4 Å². The molecule has 0 unspecified atom stereocenters. The third-order valence-electron chi connectivity index (χ3n) is 3.46. The molecule has 0 saturated carbocycles. The number of ether oxygens (including phenoxy) is 1. The lowest BCUT2D eigenvalue weighted by atomic mass is 10.1. The number of hydrogen-bond acceptors (Lipinski definition) is 5. The molecule has 122 valence electrons. The van der Waals surface area contributed by atoms with Crippen molar-refractivity contribution >= 4 is 29.0 Å². The highest BCUT2D eigenvalue weighted by atomic mass is 32.1. The molecule has 0 aliphatic carbocycles. The van der Waals surface area contributed by atoms with E-state index in [9.17, 15) is 9.59 Å². The summed E-state index contributed by atoms with van der Waals surface area (Å²) in [6, 6.07) is 8.32. The van der Waals surface area contributed by atoms with Crippen LogP contribution in [0.3, 0.4) is 0 Å². The van der Waals surface area contributed by atoms with Crippen LogP contribution in [-0.2, 0) is 6.54 Å². The van der Waals surface area contributed by atoms with E-state index in [4.69, 9.17) is 17.0 Å². The third-order valence-corrected chi connectivity index (χ3v) is 3.67. The number of H-pyrrole nitrogens is 2. The molecular weight excluding hydrogens is 328 g/mol. The minimum Gasteiger partial charge on any atom is -0.481 e. The summed E-state index contributed by atoms with van der Waals surface area (Å²) in [5.74, 6) is 0.228. The van der Waals surface area contributed by atoms with Crippen LogP contribution in [0.5, 0.6) is 5.88 Å². The Kier molecular flexibility index (Phi) is 4.39. The van der Waals surface area contributed by atoms with E-state index in [-0.39, 0.29) is 16.2 Å². The van der Waals surface area contributed by atoms with Crippen LogP contribution in [0.4, 0.5) is 0 Å². The van der Waals surface area contributed by atoms with Crippen molar-refractivity contribution in [3.63, 3.8) is 0 Å². The van der Waals surface area contributed by atoms with Gasteiger partial charge in [-0.05, 0) is 42.0 Å². The van der Waals surface area contributed by atoms with E-state index >= 15 is 0 Å². The summed E-state index contributed by atoms with van der Waals surface area (Å²) in [4.78, 5) is 33.5. The SMILES string of the molecule is COc1cc(CNC(=O)c2ccc3c(=O)[nH]c(=S)[nH]c3c2)ccn1. The lowest BCUT2D eigenvalue weighted by Gasteiger charge is -2.07. The number of carbonyl (C=O) groups excluding carboxylic acids is 1. The minimum absolute atomic E-state index is 0.217. The third kappa shape index (κ3) is 3.33. The number of pyridine rings is 1. The van der Waals surface area contributed by atoms with Crippen molar-refractivity contribution in [2.75, 3.05) is 7.11 Å². The first-order valence-electron chi connectivity index (χ1n) is 7.10. The Hall–Kier alpha value is -3.00. The summed E-state index contributed by atoms with van der Waals surface area (Å²) in [5, 5.41) is 3.26. The van der Waals surface area contributed by atoms with Gasteiger partial charge in [-0.25, -0.2) is 4.98 Å². The van der Waals surface area contributed by atoms with E-state index in [1.807, 2.05) is 0 Å². The number of nitrogens with zero attached hydrogens (tertiary/aromatic N) is 1. The van der Waals surface area contributed by atoms with Gasteiger partial charge < -0.3 is 15.0 Å². The maximum atomic E-state index is 12.3. The summed E-state index contributed by atoms with van der Waals surface area (Å²) in [6.45, 7) is 0.334. The highest BCUT2D eigenvalue weighted by molar-refractivity contribution is 7.71. The van der Waals surface area contributed by atoms with E-state index < -0.39 is 0 Å². The van der Waals surface area contributed by atoms with Crippen LogP contribution in [0.1, 0.15) is 15.9 Å². The molecule has 1 amide bonds. The number of nitrogens with one attached hydrogen (secondary N) is 3. The topological polar surface area (TPSA) is 99.9 Å². The van der Waals surface area contributed by atoms with Gasteiger partial charge in [0.1, 0.15) is 0 Å². The number of amides is 1. The zero-order valence-electron chi connectivity index (χ0n) is 12.8. The molecule has 2 aromatic heterocycles. The molecule has 7 nitrogen and oxygen atoms in total. The summed E-state index contributed by atoms with van der Waals surface area (Å²) >= 11 is 4.95. The van der Waals surface area contributed by atoms with Crippen LogP contribution in [0.15, 0.2) is 41.3 Å². The normalized spacial score (nSPS) is 10.5. The molecule has 0 aliphatic heterocycles. The van der Waals surface area contributed by atoms with Crippen LogP contribution >= 0.6 is 12.2 Å². The van der Waals surface area contributed by atoms with Crippen LogP contribution in [0, 0.1) is 4.77 Å². The Morgan fingerprint density at radius 3 is 2.92 bits per heavy atom. The summed E-state index contributed by atoms with van der Waals surface area (Å²) in [6.07, 6.45) is 1.61. The summed E-state index contributed by atoms with van der Waals surface area (Å²) < 4.78 is 5.26. The van der Waals surface area contributed by atoms with Gasteiger partial charge in [-0.3, -0.25) is 14.6 Å². The van der Waals surface area contributed by atoms with Crippen LogP contribution < -0.4 is 15.6 Å². The number of hydrogen-bond donors (Lipinski definition) is 3. The number of fused-ring (bicyclic) bond motifs is 1. The predicted octanol–water partition coefficient (Wildman–Crippen LogP) is 1.92. The van der Waals surface area contributed by atoms with E-state index in [2.05, 4.69) is 20.3 Å².